The van der Waals surface area contributed by atoms with Gasteiger partial charge in [0.1, 0.15) is 0 Å². The lowest BCUT2D eigenvalue weighted by Crippen LogP contribution is -2.62. The van der Waals surface area contributed by atoms with Gasteiger partial charge in [0, 0.05) is 37.1 Å². The molecule has 1 aliphatic rings. The first-order valence-corrected chi connectivity index (χ1v) is 6.03. The Balaban J connectivity index is 2.67. The lowest BCUT2D eigenvalue weighted by molar-refractivity contribution is -0.137. The largest absolute Gasteiger partial charge is 0.481 e. The van der Waals surface area contributed by atoms with Crippen molar-refractivity contribution in [1.82, 2.24) is 10.2 Å². The van der Waals surface area contributed by atoms with Crippen molar-refractivity contribution in [2.24, 2.45) is 0 Å². The van der Waals surface area contributed by atoms with Crippen molar-refractivity contribution in [1.29, 1.82) is 0 Å². The van der Waals surface area contributed by atoms with Crippen LogP contribution in [0.25, 0.3) is 0 Å². The first-order valence-electron chi connectivity index (χ1n) is 6.03. The summed E-state index contributed by atoms with van der Waals surface area (Å²) in [5, 5.41) is 12.1. The Hall–Kier alpha value is -0.610. The zero-order valence-corrected chi connectivity index (χ0v) is 10.8. The molecule has 16 heavy (non-hydrogen) atoms. The third kappa shape index (κ3) is 3.46. The summed E-state index contributed by atoms with van der Waals surface area (Å²) in [7, 11) is 0. The van der Waals surface area contributed by atoms with Crippen LogP contribution in [0, 0.1) is 0 Å². The molecule has 0 aliphatic carbocycles. The molecule has 2 atom stereocenters. The molecular weight excluding hydrogens is 204 g/mol. The molecule has 0 spiro atoms. The van der Waals surface area contributed by atoms with Gasteiger partial charge in [0.15, 0.2) is 0 Å². The maximum absolute atomic E-state index is 10.6. The van der Waals surface area contributed by atoms with Crippen LogP contribution < -0.4 is 5.32 Å². The van der Waals surface area contributed by atoms with Gasteiger partial charge in [-0.3, -0.25) is 9.69 Å². The normalized spacial score (nSPS) is 28.0. The lowest BCUT2D eigenvalue weighted by atomic mass is 9.95. The molecule has 0 aromatic carbocycles. The van der Waals surface area contributed by atoms with Crippen LogP contribution in [0.2, 0.25) is 0 Å². The van der Waals surface area contributed by atoms with Gasteiger partial charge in [0.25, 0.3) is 0 Å². The van der Waals surface area contributed by atoms with Crippen molar-refractivity contribution < 1.29 is 9.90 Å². The smallest absolute Gasteiger partial charge is 0.303 e. The number of carboxylic acids is 1. The van der Waals surface area contributed by atoms with Crippen LogP contribution in [0.15, 0.2) is 0 Å². The molecule has 2 unspecified atom stereocenters. The molecular formula is C12H24N2O2. The highest BCUT2D eigenvalue weighted by Crippen LogP contribution is 2.24. The van der Waals surface area contributed by atoms with E-state index >= 15 is 0 Å². The minimum atomic E-state index is -0.702. The Morgan fingerprint density at radius 3 is 2.56 bits per heavy atom. The van der Waals surface area contributed by atoms with E-state index in [0.717, 1.165) is 19.5 Å². The highest BCUT2D eigenvalue weighted by molar-refractivity contribution is 5.66. The van der Waals surface area contributed by atoms with Gasteiger partial charge >= 0.3 is 5.97 Å². The summed E-state index contributed by atoms with van der Waals surface area (Å²) in [6.45, 7) is 10.7. The minimum Gasteiger partial charge on any atom is -0.481 e. The fourth-order valence-corrected chi connectivity index (χ4v) is 2.76. The number of nitrogens with zero attached hydrogens (tertiary/aromatic N) is 1. The zero-order valence-electron chi connectivity index (χ0n) is 10.8. The van der Waals surface area contributed by atoms with E-state index in [1.165, 1.54) is 0 Å². The van der Waals surface area contributed by atoms with Crippen LogP contribution in [-0.2, 0) is 4.79 Å². The van der Waals surface area contributed by atoms with E-state index in [9.17, 15) is 4.79 Å². The van der Waals surface area contributed by atoms with Gasteiger partial charge in [0.2, 0.25) is 0 Å². The van der Waals surface area contributed by atoms with E-state index < -0.39 is 5.97 Å². The summed E-state index contributed by atoms with van der Waals surface area (Å²) in [6.07, 6.45) is 0.982. The molecule has 1 aliphatic heterocycles. The van der Waals surface area contributed by atoms with E-state index in [-0.39, 0.29) is 12.0 Å². The highest BCUT2D eigenvalue weighted by atomic mass is 16.4. The van der Waals surface area contributed by atoms with Crippen molar-refractivity contribution in [3.05, 3.63) is 0 Å². The van der Waals surface area contributed by atoms with E-state index in [1.54, 1.807) is 0 Å². The Bertz CT molecular complexity index is 248. The van der Waals surface area contributed by atoms with Gasteiger partial charge in [-0.1, -0.05) is 0 Å². The number of carboxylic acid groups (broad SMARTS) is 1. The standard InChI is InChI=1S/C12H24N2O2/c1-9-7-13-8-10(5-6-11(15)16)14(9)12(2,3)4/h9-10,13H,5-8H2,1-4H3,(H,15,16). The molecule has 0 amide bonds. The first kappa shape index (κ1) is 13.5. The SMILES string of the molecule is CC1CNCC(CCC(=O)O)N1C(C)(C)C. The molecule has 1 fully saturated rings. The third-order valence-corrected chi connectivity index (χ3v) is 3.15. The second-order valence-electron chi connectivity index (χ2n) is 5.67. The molecule has 0 aromatic heterocycles. The summed E-state index contributed by atoms with van der Waals surface area (Å²) < 4.78 is 0. The maximum Gasteiger partial charge on any atom is 0.303 e. The first-order chi connectivity index (χ1) is 7.32. The molecule has 94 valence electrons. The van der Waals surface area contributed by atoms with Crippen LogP contribution in [0.5, 0.6) is 0 Å². The molecule has 0 aromatic rings. The van der Waals surface area contributed by atoms with Gasteiger partial charge in [-0.2, -0.15) is 0 Å². The van der Waals surface area contributed by atoms with E-state index in [1.807, 2.05) is 0 Å². The average Bonchev–Trinajstić information content (AvgIpc) is 2.12. The second-order valence-corrected chi connectivity index (χ2v) is 5.67. The van der Waals surface area contributed by atoms with Crippen molar-refractivity contribution in [2.45, 2.75) is 58.2 Å². The van der Waals surface area contributed by atoms with Crippen LogP contribution in [-0.4, -0.2) is 46.7 Å². The van der Waals surface area contributed by atoms with Crippen LogP contribution in [0.1, 0.15) is 40.5 Å². The second kappa shape index (κ2) is 5.15. The van der Waals surface area contributed by atoms with E-state index in [0.29, 0.717) is 12.1 Å². The number of piperazine rings is 1. The molecule has 0 radical (unpaired) electrons. The number of rotatable bonds is 3. The molecule has 4 nitrogen and oxygen atoms in total. The van der Waals surface area contributed by atoms with E-state index in [2.05, 4.69) is 37.9 Å². The van der Waals surface area contributed by atoms with Gasteiger partial charge < -0.3 is 10.4 Å². The van der Waals surface area contributed by atoms with E-state index in [4.69, 9.17) is 5.11 Å². The summed E-state index contributed by atoms with van der Waals surface area (Å²) in [5.74, 6) is -0.702. The Morgan fingerprint density at radius 1 is 1.44 bits per heavy atom. The van der Waals surface area contributed by atoms with Crippen LogP contribution in [0.4, 0.5) is 0 Å². The van der Waals surface area contributed by atoms with Crippen molar-refractivity contribution >= 4 is 5.97 Å². The fraction of sp³-hybridized carbons (Fsp3) is 0.917. The fourth-order valence-electron chi connectivity index (χ4n) is 2.76. The van der Waals surface area contributed by atoms with Gasteiger partial charge in [-0.15, -0.1) is 0 Å². The number of hydrogen-bond donors (Lipinski definition) is 2. The number of hydrogen-bond acceptors (Lipinski definition) is 3. The van der Waals surface area contributed by atoms with Crippen LogP contribution >= 0.6 is 0 Å². The minimum absolute atomic E-state index is 0.102. The highest BCUT2D eigenvalue weighted by Gasteiger charge is 2.35. The van der Waals surface area contributed by atoms with Crippen molar-refractivity contribution in [3.8, 4) is 0 Å². The maximum atomic E-state index is 10.6. The topological polar surface area (TPSA) is 52.6 Å². The zero-order chi connectivity index (χ0) is 12.3. The number of aliphatic carboxylic acids is 1. The van der Waals surface area contributed by atoms with Gasteiger partial charge in [0.05, 0.1) is 0 Å². The lowest BCUT2D eigenvalue weighted by Gasteiger charge is -2.49. The summed E-state index contributed by atoms with van der Waals surface area (Å²) in [5.41, 5.74) is 0.102. The number of nitrogens with one attached hydrogen (secondary N) is 1. The van der Waals surface area contributed by atoms with Crippen molar-refractivity contribution in [2.75, 3.05) is 13.1 Å². The third-order valence-electron chi connectivity index (χ3n) is 3.15. The summed E-state index contributed by atoms with van der Waals surface area (Å²) in [6, 6.07) is 0.799. The Labute approximate surface area is 98.0 Å². The Morgan fingerprint density at radius 2 is 2.06 bits per heavy atom. The predicted octanol–water partition coefficient (Wildman–Crippen LogP) is 1.31. The molecule has 0 bridgehead atoms. The quantitative estimate of drug-likeness (QED) is 0.765. The summed E-state index contributed by atoms with van der Waals surface area (Å²) in [4.78, 5) is 13.1. The molecule has 2 N–H and O–H groups in total. The van der Waals surface area contributed by atoms with Gasteiger partial charge in [-0.05, 0) is 34.1 Å². The van der Waals surface area contributed by atoms with Crippen molar-refractivity contribution in [3.63, 3.8) is 0 Å². The predicted molar refractivity (Wildman–Crippen MR) is 64.6 cm³/mol. The molecule has 4 heteroatoms. The summed E-state index contributed by atoms with van der Waals surface area (Å²) >= 11 is 0. The molecule has 0 saturated carbocycles. The average molecular weight is 228 g/mol. The van der Waals surface area contributed by atoms with Crippen LogP contribution in [0.3, 0.4) is 0 Å². The van der Waals surface area contributed by atoms with Gasteiger partial charge in [-0.25, -0.2) is 0 Å². The molecule has 1 heterocycles. The number of carbonyl (C=O) groups is 1. The molecule has 1 saturated heterocycles. The Kier molecular flexibility index (Phi) is 4.33. The monoisotopic (exact) mass is 228 g/mol. The molecule has 1 rings (SSSR count).